The fourth-order valence-electron chi connectivity index (χ4n) is 5.72. The quantitative estimate of drug-likeness (QED) is 0.195. The summed E-state index contributed by atoms with van der Waals surface area (Å²) in [5.74, 6) is -2.01. The monoisotopic (exact) mass is 626 g/mol. The Morgan fingerprint density at radius 3 is 2.07 bits per heavy atom. The van der Waals surface area contributed by atoms with Gasteiger partial charge in [-0.25, -0.2) is 4.79 Å². The molecule has 4 aromatic carbocycles. The molecule has 0 fully saturated rings. The van der Waals surface area contributed by atoms with Crippen LogP contribution < -0.4 is 5.32 Å². The molecule has 1 aliphatic heterocycles. The zero-order chi connectivity index (χ0) is 32.8. The molecule has 0 bridgehead atoms. The van der Waals surface area contributed by atoms with E-state index in [1.165, 1.54) is 17.0 Å². The summed E-state index contributed by atoms with van der Waals surface area (Å²) in [7, 11) is 0. The van der Waals surface area contributed by atoms with Gasteiger partial charge >= 0.3 is 12.1 Å². The minimum absolute atomic E-state index is 0.0786. The Hall–Kier alpha value is -5.18. The van der Waals surface area contributed by atoms with Crippen molar-refractivity contribution in [2.24, 2.45) is 0 Å². The third kappa shape index (κ3) is 7.20. The molecule has 0 saturated carbocycles. The van der Waals surface area contributed by atoms with Crippen molar-refractivity contribution in [3.05, 3.63) is 154 Å². The van der Waals surface area contributed by atoms with Crippen molar-refractivity contribution >= 4 is 17.8 Å². The Morgan fingerprint density at radius 1 is 0.891 bits per heavy atom. The van der Waals surface area contributed by atoms with Crippen molar-refractivity contribution in [2.75, 3.05) is 6.61 Å². The van der Waals surface area contributed by atoms with Gasteiger partial charge in [0.25, 0.3) is 5.91 Å². The molecular weight excluding hydrogens is 593 g/mol. The molecule has 2 amide bonds. The molecule has 0 radical (unpaired) electrons. The van der Waals surface area contributed by atoms with E-state index >= 15 is 0 Å². The lowest BCUT2D eigenvalue weighted by molar-refractivity contribution is -0.140. The van der Waals surface area contributed by atoms with Crippen molar-refractivity contribution < 1.29 is 32.3 Å². The highest BCUT2D eigenvalue weighted by molar-refractivity contribution is 5.96. The number of carbonyl (C=O) groups is 3. The molecule has 0 spiro atoms. The number of hydrogen-bond acceptors (Lipinski definition) is 4. The first-order chi connectivity index (χ1) is 22.1. The molecule has 5 rings (SSSR count). The Balaban J connectivity index is 1.41. The summed E-state index contributed by atoms with van der Waals surface area (Å²) in [5.41, 5.74) is 3.06. The number of benzene rings is 4. The highest BCUT2D eigenvalue weighted by Crippen LogP contribution is 2.39. The largest absolute Gasteiger partial charge is 0.463 e. The van der Waals surface area contributed by atoms with E-state index in [9.17, 15) is 27.6 Å². The van der Waals surface area contributed by atoms with E-state index in [1.807, 2.05) is 60.7 Å². The van der Waals surface area contributed by atoms with E-state index in [1.54, 1.807) is 38.1 Å². The number of ether oxygens (including phenoxy) is 1. The van der Waals surface area contributed by atoms with Gasteiger partial charge < -0.3 is 15.0 Å². The number of esters is 1. The topological polar surface area (TPSA) is 75.7 Å². The number of nitrogens with one attached hydrogen (secondary N) is 1. The van der Waals surface area contributed by atoms with Gasteiger partial charge in [0, 0.05) is 23.6 Å². The first-order valence-corrected chi connectivity index (χ1v) is 14.9. The van der Waals surface area contributed by atoms with E-state index in [0.29, 0.717) is 22.4 Å². The van der Waals surface area contributed by atoms with Crippen LogP contribution in [0, 0.1) is 0 Å². The van der Waals surface area contributed by atoms with Crippen molar-refractivity contribution in [1.29, 1.82) is 0 Å². The molecule has 1 heterocycles. The van der Waals surface area contributed by atoms with Gasteiger partial charge in [0.2, 0.25) is 5.91 Å². The SMILES string of the molecule is CCOC(=O)C1=C(C)N(Cc2cccc(C(=O)NC(c3ccccc3)c3ccccc3)c2)C(=O)CC1c1ccc(C(F)(F)F)cc1. The number of amides is 2. The number of carbonyl (C=O) groups excluding carboxylic acids is 3. The summed E-state index contributed by atoms with van der Waals surface area (Å²) in [6.07, 6.45) is -4.64. The predicted octanol–water partition coefficient (Wildman–Crippen LogP) is 7.58. The van der Waals surface area contributed by atoms with E-state index in [4.69, 9.17) is 4.74 Å². The van der Waals surface area contributed by atoms with Crippen LogP contribution in [0.15, 0.2) is 120 Å². The van der Waals surface area contributed by atoms with Crippen LogP contribution >= 0.6 is 0 Å². The molecule has 1 N–H and O–H groups in total. The van der Waals surface area contributed by atoms with Gasteiger partial charge in [0.05, 0.1) is 30.3 Å². The Kier molecular flexibility index (Phi) is 9.70. The lowest BCUT2D eigenvalue weighted by Gasteiger charge is -2.34. The average Bonchev–Trinajstić information content (AvgIpc) is 3.06. The molecular formula is C37H33F3N2O4. The minimum Gasteiger partial charge on any atom is -0.463 e. The van der Waals surface area contributed by atoms with Crippen LogP contribution in [0.25, 0.3) is 0 Å². The average molecular weight is 627 g/mol. The molecule has 6 nitrogen and oxygen atoms in total. The van der Waals surface area contributed by atoms with Crippen LogP contribution in [-0.4, -0.2) is 29.3 Å². The fraction of sp³-hybridized carbons (Fsp3) is 0.216. The number of nitrogens with zero attached hydrogens (tertiary/aromatic N) is 1. The number of hydrogen-bond donors (Lipinski definition) is 1. The maximum absolute atomic E-state index is 13.5. The molecule has 0 aliphatic carbocycles. The maximum atomic E-state index is 13.5. The highest BCUT2D eigenvalue weighted by Gasteiger charge is 2.38. The third-order valence-electron chi connectivity index (χ3n) is 8.03. The predicted molar refractivity (Wildman–Crippen MR) is 167 cm³/mol. The zero-order valence-corrected chi connectivity index (χ0v) is 25.4. The molecule has 1 atom stereocenters. The first-order valence-electron chi connectivity index (χ1n) is 14.9. The van der Waals surface area contributed by atoms with E-state index in [-0.39, 0.29) is 43.0 Å². The van der Waals surface area contributed by atoms with Crippen LogP contribution in [0.5, 0.6) is 0 Å². The summed E-state index contributed by atoms with van der Waals surface area (Å²) in [6, 6.07) is 30.3. The van der Waals surface area contributed by atoms with Crippen LogP contribution in [0.4, 0.5) is 13.2 Å². The maximum Gasteiger partial charge on any atom is 0.416 e. The highest BCUT2D eigenvalue weighted by atomic mass is 19.4. The normalized spacial score (nSPS) is 15.2. The van der Waals surface area contributed by atoms with E-state index in [2.05, 4.69) is 5.32 Å². The second-order valence-corrected chi connectivity index (χ2v) is 11.0. The van der Waals surface area contributed by atoms with Crippen molar-refractivity contribution in [1.82, 2.24) is 10.2 Å². The van der Waals surface area contributed by atoms with E-state index in [0.717, 1.165) is 23.3 Å². The van der Waals surface area contributed by atoms with Gasteiger partial charge in [-0.2, -0.15) is 13.2 Å². The lowest BCUT2D eigenvalue weighted by Crippen LogP contribution is -2.38. The summed E-state index contributed by atoms with van der Waals surface area (Å²) >= 11 is 0. The van der Waals surface area contributed by atoms with Gasteiger partial charge in [-0.1, -0.05) is 84.9 Å². The van der Waals surface area contributed by atoms with Crippen molar-refractivity contribution in [2.45, 2.75) is 44.9 Å². The van der Waals surface area contributed by atoms with E-state index < -0.39 is 23.6 Å². The minimum atomic E-state index is -4.51. The summed E-state index contributed by atoms with van der Waals surface area (Å²) in [4.78, 5) is 41.7. The summed E-state index contributed by atoms with van der Waals surface area (Å²) in [6.45, 7) is 3.45. The van der Waals surface area contributed by atoms with Crippen molar-refractivity contribution in [3.63, 3.8) is 0 Å². The molecule has 0 aromatic heterocycles. The Bertz CT molecular complexity index is 1700. The molecule has 0 saturated heterocycles. The zero-order valence-electron chi connectivity index (χ0n) is 25.4. The van der Waals surface area contributed by atoms with Gasteiger partial charge in [0.1, 0.15) is 0 Å². The smallest absolute Gasteiger partial charge is 0.416 e. The molecule has 4 aromatic rings. The van der Waals surface area contributed by atoms with Gasteiger partial charge in [0.15, 0.2) is 0 Å². The fourth-order valence-corrected chi connectivity index (χ4v) is 5.72. The Labute approximate surface area is 265 Å². The van der Waals surface area contributed by atoms with Crippen LogP contribution in [0.3, 0.4) is 0 Å². The second kappa shape index (κ2) is 13.9. The standard InChI is InChI=1S/C37H33F3N2O4/c1-3-46-36(45)33-24(2)42(32(43)22-31(33)26-17-19-30(20-18-26)37(38,39)40)23-25-11-10-16-29(21-25)35(44)41-34(27-12-6-4-7-13-27)28-14-8-5-9-15-28/h4-21,31,34H,3,22-23H2,1-2H3,(H,41,44). The summed E-state index contributed by atoms with van der Waals surface area (Å²) < 4.78 is 44.8. The Morgan fingerprint density at radius 2 is 1.50 bits per heavy atom. The number of alkyl halides is 3. The first kappa shape index (κ1) is 32.2. The summed E-state index contributed by atoms with van der Waals surface area (Å²) in [5, 5.41) is 3.13. The molecule has 236 valence electrons. The third-order valence-corrected chi connectivity index (χ3v) is 8.03. The lowest BCUT2D eigenvalue weighted by atomic mass is 9.83. The molecule has 1 unspecified atom stereocenters. The van der Waals surface area contributed by atoms with Crippen LogP contribution in [-0.2, 0) is 27.0 Å². The van der Waals surface area contributed by atoms with Crippen LogP contribution in [0.1, 0.15) is 70.4 Å². The molecule has 46 heavy (non-hydrogen) atoms. The van der Waals surface area contributed by atoms with Gasteiger partial charge in [-0.3, -0.25) is 9.59 Å². The molecule has 9 heteroatoms. The van der Waals surface area contributed by atoms with Crippen LogP contribution in [0.2, 0.25) is 0 Å². The second-order valence-electron chi connectivity index (χ2n) is 11.0. The van der Waals surface area contributed by atoms with Gasteiger partial charge in [-0.15, -0.1) is 0 Å². The number of rotatable bonds is 9. The van der Waals surface area contributed by atoms with Gasteiger partial charge in [-0.05, 0) is 60.4 Å². The number of allylic oxidation sites excluding steroid dienone is 1. The number of halogens is 3. The molecule has 1 aliphatic rings. The van der Waals surface area contributed by atoms with Crippen molar-refractivity contribution in [3.8, 4) is 0 Å².